The number of imidazole rings is 1. The number of aromatic nitrogens is 2. The topological polar surface area (TPSA) is 59.0 Å². The second-order valence-electron chi connectivity index (χ2n) is 7.36. The first-order chi connectivity index (χ1) is 12.3. The van der Waals surface area contributed by atoms with E-state index in [0.717, 1.165) is 51.1 Å². The Morgan fingerprint density at radius 2 is 1.96 bits per heavy atom. The Morgan fingerprint density at radius 3 is 2.70 bits per heavy atom. The van der Waals surface area contributed by atoms with Crippen LogP contribution in [0.2, 0.25) is 0 Å². The smallest absolute Gasteiger partial charge is 0.224 e. The number of nitrogens with zero attached hydrogens (tertiary/aromatic N) is 2. The van der Waals surface area contributed by atoms with Gasteiger partial charge in [-0.25, -0.2) is 4.98 Å². The van der Waals surface area contributed by atoms with Gasteiger partial charge >= 0.3 is 0 Å². The second kappa shape index (κ2) is 9.58. The standard InChI is InChI=1S/C20H26N4O.2ClH/c25-19(17-14-20(17)7-9-21-10-8-20)23-15-18-22-11-13-24(18)12-6-16-4-2-1-3-5-16;;/h1-5,11,13,17,21H,6-10,12,14-15H2,(H,23,25);2*1H. The van der Waals surface area contributed by atoms with E-state index in [2.05, 4.69) is 44.5 Å². The number of amides is 1. The van der Waals surface area contributed by atoms with Gasteiger partial charge in [-0.1, -0.05) is 30.3 Å². The Kier molecular flexibility index (Phi) is 7.71. The van der Waals surface area contributed by atoms with Crippen LogP contribution in [-0.2, 0) is 24.3 Å². The van der Waals surface area contributed by atoms with Crippen molar-refractivity contribution in [2.75, 3.05) is 13.1 Å². The van der Waals surface area contributed by atoms with E-state index in [1.54, 1.807) is 0 Å². The lowest BCUT2D eigenvalue weighted by molar-refractivity contribution is -0.123. The molecule has 1 spiro atoms. The van der Waals surface area contributed by atoms with Gasteiger partial charge < -0.3 is 15.2 Å². The normalized spacial score (nSPS) is 19.6. The van der Waals surface area contributed by atoms with E-state index in [-0.39, 0.29) is 42.1 Å². The Bertz CT molecular complexity index is 729. The molecular weight excluding hydrogens is 383 g/mol. The summed E-state index contributed by atoms with van der Waals surface area (Å²) >= 11 is 0. The van der Waals surface area contributed by atoms with Gasteiger partial charge in [0.25, 0.3) is 0 Å². The van der Waals surface area contributed by atoms with Crippen LogP contribution in [0, 0.1) is 11.3 Å². The van der Waals surface area contributed by atoms with Gasteiger partial charge in [0.1, 0.15) is 5.82 Å². The predicted molar refractivity (Wildman–Crippen MR) is 111 cm³/mol. The average Bonchev–Trinajstić information content (AvgIpc) is 3.15. The monoisotopic (exact) mass is 410 g/mol. The number of halogens is 2. The Labute approximate surface area is 173 Å². The summed E-state index contributed by atoms with van der Waals surface area (Å²) in [6, 6.07) is 10.5. The molecule has 1 aromatic carbocycles. The van der Waals surface area contributed by atoms with Gasteiger partial charge in [0, 0.05) is 24.9 Å². The minimum absolute atomic E-state index is 0. The largest absolute Gasteiger partial charge is 0.349 e. The summed E-state index contributed by atoms with van der Waals surface area (Å²) in [5.41, 5.74) is 1.61. The van der Waals surface area contributed by atoms with Crippen LogP contribution in [0.25, 0.3) is 0 Å². The van der Waals surface area contributed by atoms with Crippen LogP contribution >= 0.6 is 24.8 Å². The third-order valence-electron chi connectivity index (χ3n) is 5.81. The summed E-state index contributed by atoms with van der Waals surface area (Å²) in [7, 11) is 0. The summed E-state index contributed by atoms with van der Waals surface area (Å²) in [6.45, 7) is 3.50. The molecule has 1 unspecified atom stereocenters. The Balaban J connectivity index is 0.00000131. The van der Waals surface area contributed by atoms with E-state index >= 15 is 0 Å². The molecule has 1 saturated heterocycles. The number of aryl methyl sites for hydroxylation is 2. The molecule has 7 heteroatoms. The Hall–Kier alpha value is -1.56. The number of hydrogen-bond donors (Lipinski definition) is 2. The van der Waals surface area contributed by atoms with E-state index in [0.29, 0.717) is 6.54 Å². The van der Waals surface area contributed by atoms with Crippen molar-refractivity contribution in [3.05, 3.63) is 54.1 Å². The van der Waals surface area contributed by atoms with Gasteiger partial charge in [0.2, 0.25) is 5.91 Å². The van der Waals surface area contributed by atoms with E-state index in [1.165, 1.54) is 5.56 Å². The van der Waals surface area contributed by atoms with Crippen molar-refractivity contribution in [1.82, 2.24) is 20.2 Å². The second-order valence-corrected chi connectivity index (χ2v) is 7.36. The fraction of sp³-hybridized carbons (Fsp3) is 0.500. The maximum absolute atomic E-state index is 12.5. The number of hydrogen-bond acceptors (Lipinski definition) is 3. The van der Waals surface area contributed by atoms with E-state index in [9.17, 15) is 4.79 Å². The molecule has 148 valence electrons. The van der Waals surface area contributed by atoms with Gasteiger partial charge in [-0.2, -0.15) is 0 Å². The molecule has 2 heterocycles. The molecule has 1 aliphatic heterocycles. The molecule has 5 nitrogen and oxygen atoms in total. The zero-order chi connectivity index (χ0) is 17.1. The molecule has 1 amide bonds. The predicted octanol–water partition coefficient (Wildman–Crippen LogP) is 2.98. The van der Waals surface area contributed by atoms with E-state index < -0.39 is 0 Å². The first-order valence-electron chi connectivity index (χ1n) is 9.29. The van der Waals surface area contributed by atoms with Gasteiger partial charge in [-0.05, 0) is 49.8 Å². The minimum Gasteiger partial charge on any atom is -0.349 e. The highest BCUT2D eigenvalue weighted by Crippen LogP contribution is 2.58. The van der Waals surface area contributed by atoms with Crippen LogP contribution in [0.1, 0.15) is 30.7 Å². The maximum atomic E-state index is 12.5. The van der Waals surface area contributed by atoms with Crippen LogP contribution in [0.15, 0.2) is 42.7 Å². The quantitative estimate of drug-likeness (QED) is 0.769. The third-order valence-corrected chi connectivity index (χ3v) is 5.81. The van der Waals surface area contributed by atoms with Crippen molar-refractivity contribution in [2.45, 2.75) is 38.8 Å². The lowest BCUT2D eigenvalue weighted by atomic mass is 9.92. The summed E-state index contributed by atoms with van der Waals surface area (Å²) in [5.74, 6) is 1.35. The van der Waals surface area contributed by atoms with Crippen molar-refractivity contribution in [3.63, 3.8) is 0 Å². The van der Waals surface area contributed by atoms with Crippen LogP contribution in [0.5, 0.6) is 0 Å². The van der Waals surface area contributed by atoms with Crippen molar-refractivity contribution >= 4 is 30.7 Å². The average molecular weight is 411 g/mol. The van der Waals surface area contributed by atoms with Gasteiger partial charge in [0.05, 0.1) is 6.54 Å². The molecule has 1 saturated carbocycles. The first kappa shape index (κ1) is 21.7. The lowest BCUT2D eigenvalue weighted by Gasteiger charge is -2.23. The SMILES string of the molecule is Cl.Cl.O=C(NCc1nccn1CCc1ccccc1)C1CC12CCNCC2. The van der Waals surface area contributed by atoms with Crippen molar-refractivity contribution in [3.8, 4) is 0 Å². The van der Waals surface area contributed by atoms with E-state index in [1.807, 2.05) is 18.5 Å². The number of piperidine rings is 1. The molecule has 4 rings (SSSR count). The van der Waals surface area contributed by atoms with Crippen LogP contribution in [0.4, 0.5) is 0 Å². The van der Waals surface area contributed by atoms with Gasteiger partial charge in [-0.15, -0.1) is 24.8 Å². The summed E-state index contributed by atoms with van der Waals surface area (Å²) in [4.78, 5) is 16.9. The van der Waals surface area contributed by atoms with Crippen LogP contribution in [-0.4, -0.2) is 28.5 Å². The van der Waals surface area contributed by atoms with Crippen LogP contribution in [0.3, 0.4) is 0 Å². The molecule has 2 N–H and O–H groups in total. The number of carbonyl (C=O) groups is 1. The fourth-order valence-corrected chi connectivity index (χ4v) is 4.09. The maximum Gasteiger partial charge on any atom is 0.224 e. The van der Waals surface area contributed by atoms with Crippen LogP contribution < -0.4 is 10.6 Å². The molecule has 0 bridgehead atoms. The number of benzene rings is 1. The third kappa shape index (κ3) is 5.03. The summed E-state index contributed by atoms with van der Waals surface area (Å²) < 4.78 is 2.14. The van der Waals surface area contributed by atoms with Crippen molar-refractivity contribution < 1.29 is 4.79 Å². The molecule has 2 aliphatic rings. The molecule has 1 aliphatic carbocycles. The van der Waals surface area contributed by atoms with Crippen molar-refractivity contribution in [1.29, 1.82) is 0 Å². The summed E-state index contributed by atoms with van der Waals surface area (Å²) in [6.07, 6.45) is 8.11. The number of carbonyl (C=O) groups excluding carboxylic acids is 1. The zero-order valence-electron chi connectivity index (χ0n) is 15.4. The lowest BCUT2D eigenvalue weighted by Crippen LogP contribution is -2.33. The highest BCUT2D eigenvalue weighted by Gasteiger charge is 2.57. The molecule has 2 aromatic rings. The molecule has 1 aromatic heterocycles. The number of rotatable bonds is 6. The number of nitrogens with one attached hydrogen (secondary N) is 2. The summed E-state index contributed by atoms with van der Waals surface area (Å²) in [5, 5.41) is 6.50. The molecule has 27 heavy (non-hydrogen) atoms. The molecule has 2 fully saturated rings. The van der Waals surface area contributed by atoms with Crippen molar-refractivity contribution in [2.24, 2.45) is 11.3 Å². The molecular formula is C20H28Cl2N4O. The minimum atomic E-state index is 0. The molecule has 1 atom stereocenters. The van der Waals surface area contributed by atoms with E-state index in [4.69, 9.17) is 0 Å². The highest BCUT2D eigenvalue weighted by molar-refractivity contribution is 5.85. The zero-order valence-corrected chi connectivity index (χ0v) is 17.0. The molecule has 0 radical (unpaired) electrons. The Morgan fingerprint density at radius 1 is 1.22 bits per heavy atom. The van der Waals surface area contributed by atoms with Gasteiger partial charge in [0.15, 0.2) is 0 Å². The first-order valence-corrected chi connectivity index (χ1v) is 9.29. The fourth-order valence-electron chi connectivity index (χ4n) is 4.09. The highest BCUT2D eigenvalue weighted by atomic mass is 35.5. The van der Waals surface area contributed by atoms with Gasteiger partial charge in [-0.3, -0.25) is 4.79 Å².